The molecule has 0 saturated heterocycles. The monoisotopic (exact) mass is 353 g/mol. The van der Waals surface area contributed by atoms with Crippen LogP contribution in [-0.4, -0.2) is 25.9 Å². The lowest BCUT2D eigenvalue weighted by Crippen LogP contribution is -2.21. The fraction of sp³-hybridized carbons (Fsp3) is 0.125. The average molecular weight is 354 g/mol. The largest absolute Gasteiger partial charge is 0.493 e. The van der Waals surface area contributed by atoms with Crippen LogP contribution in [0.3, 0.4) is 0 Å². The van der Waals surface area contributed by atoms with Crippen molar-refractivity contribution >= 4 is 41.1 Å². The number of carbonyl (C=O) groups excluding carboxylic acids is 2. The van der Waals surface area contributed by atoms with Crippen molar-refractivity contribution < 1.29 is 19.1 Å². The Morgan fingerprint density at radius 3 is 2.74 bits per heavy atom. The third-order valence-electron chi connectivity index (χ3n) is 2.91. The van der Waals surface area contributed by atoms with Crippen molar-refractivity contribution in [2.24, 2.45) is 0 Å². The summed E-state index contributed by atoms with van der Waals surface area (Å²) >= 11 is 11.8. The number of carbonyl (C=O) groups is 2. The van der Waals surface area contributed by atoms with Gasteiger partial charge in [0, 0.05) is 5.02 Å². The summed E-state index contributed by atoms with van der Waals surface area (Å²) < 4.78 is 10.5. The van der Waals surface area contributed by atoms with Crippen molar-refractivity contribution in [3.63, 3.8) is 0 Å². The van der Waals surface area contributed by atoms with Gasteiger partial charge in [0.1, 0.15) is 0 Å². The van der Waals surface area contributed by atoms with E-state index in [9.17, 15) is 9.59 Å². The van der Waals surface area contributed by atoms with Crippen molar-refractivity contribution in [1.82, 2.24) is 0 Å². The van der Waals surface area contributed by atoms with E-state index in [0.717, 1.165) is 0 Å². The quantitative estimate of drug-likeness (QED) is 0.801. The Morgan fingerprint density at radius 2 is 2.04 bits per heavy atom. The Kier molecular flexibility index (Phi) is 5.84. The standard InChI is InChI=1S/C16H13Cl2NO4/c1-22-14-4-2-3-10(8-20)16(14)23-9-15(21)19-13-7-11(17)5-6-12(13)18/h2-8H,9H2,1H3,(H,19,21). The lowest BCUT2D eigenvalue weighted by Gasteiger charge is -2.13. The minimum atomic E-state index is -0.447. The summed E-state index contributed by atoms with van der Waals surface area (Å²) in [4.78, 5) is 23.0. The molecule has 1 N–H and O–H groups in total. The zero-order chi connectivity index (χ0) is 16.8. The second kappa shape index (κ2) is 7.85. The summed E-state index contributed by atoms with van der Waals surface area (Å²) in [6.07, 6.45) is 0.629. The molecule has 0 unspecified atom stereocenters. The summed E-state index contributed by atoms with van der Waals surface area (Å²) in [5, 5.41) is 3.39. The Bertz CT molecular complexity index is 734. The van der Waals surface area contributed by atoms with E-state index in [2.05, 4.69) is 5.32 Å². The smallest absolute Gasteiger partial charge is 0.262 e. The lowest BCUT2D eigenvalue weighted by molar-refractivity contribution is -0.118. The molecular weight excluding hydrogens is 341 g/mol. The molecule has 0 aliphatic carbocycles. The minimum Gasteiger partial charge on any atom is -0.493 e. The number of methoxy groups -OCH3 is 1. The van der Waals surface area contributed by atoms with E-state index >= 15 is 0 Å². The molecule has 0 radical (unpaired) electrons. The molecule has 0 heterocycles. The number of hydrogen-bond acceptors (Lipinski definition) is 4. The van der Waals surface area contributed by atoms with Crippen LogP contribution in [0.1, 0.15) is 10.4 Å². The van der Waals surface area contributed by atoms with E-state index in [4.69, 9.17) is 32.7 Å². The third kappa shape index (κ3) is 4.37. The van der Waals surface area contributed by atoms with Crippen molar-refractivity contribution in [1.29, 1.82) is 0 Å². The fourth-order valence-electron chi connectivity index (χ4n) is 1.86. The van der Waals surface area contributed by atoms with E-state index < -0.39 is 5.91 Å². The van der Waals surface area contributed by atoms with Crippen LogP contribution >= 0.6 is 23.2 Å². The van der Waals surface area contributed by atoms with Crippen LogP contribution in [0.25, 0.3) is 0 Å². The van der Waals surface area contributed by atoms with Crippen LogP contribution in [0.15, 0.2) is 36.4 Å². The van der Waals surface area contributed by atoms with E-state index in [0.29, 0.717) is 27.8 Å². The number of hydrogen-bond donors (Lipinski definition) is 1. The normalized spacial score (nSPS) is 10.0. The molecule has 7 heteroatoms. The maximum Gasteiger partial charge on any atom is 0.262 e. The van der Waals surface area contributed by atoms with Gasteiger partial charge < -0.3 is 14.8 Å². The zero-order valence-corrected chi connectivity index (χ0v) is 13.6. The summed E-state index contributed by atoms with van der Waals surface area (Å²) in [6, 6.07) is 9.57. The number of aldehydes is 1. The molecule has 0 saturated carbocycles. The van der Waals surface area contributed by atoms with Crippen LogP contribution in [0.2, 0.25) is 10.0 Å². The van der Waals surface area contributed by atoms with Crippen molar-refractivity contribution in [2.45, 2.75) is 0 Å². The van der Waals surface area contributed by atoms with Gasteiger partial charge in [0.15, 0.2) is 24.4 Å². The van der Waals surface area contributed by atoms with Gasteiger partial charge in [-0.1, -0.05) is 29.3 Å². The van der Waals surface area contributed by atoms with Crippen molar-refractivity contribution in [3.8, 4) is 11.5 Å². The van der Waals surface area contributed by atoms with Crippen LogP contribution < -0.4 is 14.8 Å². The molecule has 0 aromatic heterocycles. The summed E-state index contributed by atoms with van der Waals surface area (Å²) in [6.45, 7) is -0.315. The number of halogens is 2. The highest BCUT2D eigenvalue weighted by Crippen LogP contribution is 2.30. The number of amides is 1. The van der Waals surface area contributed by atoms with Crippen molar-refractivity contribution in [3.05, 3.63) is 52.0 Å². The highest BCUT2D eigenvalue weighted by molar-refractivity contribution is 6.35. The Balaban J connectivity index is 2.08. The summed E-state index contributed by atoms with van der Waals surface area (Å²) in [5.74, 6) is 0.123. The van der Waals surface area contributed by atoms with E-state index in [-0.39, 0.29) is 17.9 Å². The highest BCUT2D eigenvalue weighted by atomic mass is 35.5. The third-order valence-corrected chi connectivity index (χ3v) is 3.47. The Morgan fingerprint density at radius 1 is 1.26 bits per heavy atom. The van der Waals surface area contributed by atoms with Gasteiger partial charge >= 0.3 is 0 Å². The van der Waals surface area contributed by atoms with Crippen molar-refractivity contribution in [2.75, 3.05) is 19.0 Å². The molecule has 5 nitrogen and oxygen atoms in total. The first-order chi connectivity index (χ1) is 11.0. The van der Waals surface area contributed by atoms with E-state index in [1.165, 1.54) is 13.2 Å². The molecular formula is C16H13Cl2NO4. The zero-order valence-electron chi connectivity index (χ0n) is 12.1. The van der Waals surface area contributed by atoms with Crippen LogP contribution in [0, 0.1) is 0 Å². The molecule has 0 fully saturated rings. The SMILES string of the molecule is COc1cccc(C=O)c1OCC(=O)Nc1cc(Cl)ccc1Cl. The van der Waals surface area contributed by atoms with Gasteiger partial charge in [0.25, 0.3) is 5.91 Å². The number of nitrogens with one attached hydrogen (secondary N) is 1. The summed E-state index contributed by atoms with van der Waals surface area (Å²) in [5.41, 5.74) is 0.668. The molecule has 0 aliphatic heterocycles. The molecule has 0 aliphatic rings. The maximum absolute atomic E-state index is 12.0. The molecule has 2 rings (SSSR count). The minimum absolute atomic E-state index is 0.206. The second-order valence-electron chi connectivity index (χ2n) is 4.46. The Labute approximate surface area is 143 Å². The molecule has 23 heavy (non-hydrogen) atoms. The van der Waals surface area contributed by atoms with Crippen LogP contribution in [0.4, 0.5) is 5.69 Å². The second-order valence-corrected chi connectivity index (χ2v) is 5.30. The predicted molar refractivity (Wildman–Crippen MR) is 89.0 cm³/mol. The molecule has 0 spiro atoms. The average Bonchev–Trinajstić information content (AvgIpc) is 2.55. The lowest BCUT2D eigenvalue weighted by atomic mass is 10.2. The number of ether oxygens (including phenoxy) is 2. The molecule has 0 bridgehead atoms. The topological polar surface area (TPSA) is 64.6 Å². The van der Waals surface area contributed by atoms with E-state index in [1.54, 1.807) is 30.3 Å². The predicted octanol–water partition coefficient (Wildman–Crippen LogP) is 3.83. The van der Waals surface area contributed by atoms with Gasteiger partial charge in [-0.25, -0.2) is 0 Å². The maximum atomic E-state index is 12.0. The first kappa shape index (κ1) is 17.1. The van der Waals surface area contributed by atoms with Crippen LogP contribution in [-0.2, 0) is 4.79 Å². The number of rotatable bonds is 6. The first-order valence-corrected chi connectivity index (χ1v) is 7.30. The van der Waals surface area contributed by atoms with Gasteiger partial charge in [0.2, 0.25) is 0 Å². The summed E-state index contributed by atoms with van der Waals surface area (Å²) in [7, 11) is 1.45. The van der Waals surface area contributed by atoms with E-state index in [1.807, 2.05) is 0 Å². The molecule has 1 amide bonds. The van der Waals surface area contributed by atoms with Crippen LogP contribution in [0.5, 0.6) is 11.5 Å². The number of anilines is 1. The molecule has 0 atom stereocenters. The Hall–Kier alpha value is -2.24. The van der Waals surface area contributed by atoms with Gasteiger partial charge in [-0.05, 0) is 30.3 Å². The fourth-order valence-corrected chi connectivity index (χ4v) is 2.20. The molecule has 2 aromatic rings. The molecule has 120 valence electrons. The van der Waals surface area contributed by atoms with Gasteiger partial charge in [-0.2, -0.15) is 0 Å². The van der Waals surface area contributed by atoms with Gasteiger partial charge in [-0.3, -0.25) is 9.59 Å². The number of benzene rings is 2. The first-order valence-electron chi connectivity index (χ1n) is 6.55. The van der Waals surface area contributed by atoms with Gasteiger partial charge in [-0.15, -0.1) is 0 Å². The van der Waals surface area contributed by atoms with Gasteiger partial charge in [0.05, 0.1) is 23.4 Å². The highest BCUT2D eigenvalue weighted by Gasteiger charge is 2.13. The number of para-hydroxylation sites is 1. The molecule has 2 aromatic carbocycles.